The van der Waals surface area contributed by atoms with Gasteiger partial charge >= 0.3 is 5.97 Å². The number of nitrogens with two attached hydrogens (primary N) is 1. The number of hydrogen-bond acceptors (Lipinski definition) is 6. The quantitative estimate of drug-likeness (QED) is 0.472. The summed E-state index contributed by atoms with van der Waals surface area (Å²) in [5.41, 5.74) is 7.95. The van der Waals surface area contributed by atoms with E-state index in [1.807, 2.05) is 6.07 Å². The van der Waals surface area contributed by atoms with E-state index in [-0.39, 0.29) is 23.8 Å². The van der Waals surface area contributed by atoms with Gasteiger partial charge in [0.1, 0.15) is 23.7 Å². The van der Waals surface area contributed by atoms with Crippen LogP contribution in [0.25, 0.3) is 0 Å². The second kappa shape index (κ2) is 9.79. The topological polar surface area (TPSA) is 87.9 Å². The third kappa shape index (κ3) is 4.76. The number of methoxy groups -OCH3 is 1. The van der Waals surface area contributed by atoms with Crippen molar-refractivity contribution in [3.63, 3.8) is 0 Å². The number of rotatable bonds is 5. The van der Waals surface area contributed by atoms with Crippen LogP contribution in [0.4, 0.5) is 0 Å². The predicted molar refractivity (Wildman–Crippen MR) is 128 cm³/mol. The van der Waals surface area contributed by atoms with E-state index in [1.54, 1.807) is 30.3 Å². The van der Waals surface area contributed by atoms with Gasteiger partial charge in [-0.3, -0.25) is 4.79 Å². The Kier molecular flexibility index (Phi) is 7.02. The number of carbonyl (C=O) groups excluding carboxylic acids is 2. The lowest BCUT2D eigenvalue weighted by Crippen LogP contribution is -2.31. The standard InChI is InChI=1S/C24H20BrCl2NO5/c1-31-24(30)22-20(21-17(29)3-2-4-19(21)33-23(22)28)15-9-13(25)6-8-18(15)32-11-12-5-7-14(26)10-16(12)27/h5-10,20H,2-4,11,28H2,1H3/t20-/m0/s1. The minimum atomic E-state index is -0.790. The van der Waals surface area contributed by atoms with Crippen molar-refractivity contribution in [2.45, 2.75) is 31.8 Å². The highest BCUT2D eigenvalue weighted by Gasteiger charge is 2.42. The van der Waals surface area contributed by atoms with E-state index in [0.29, 0.717) is 52.0 Å². The summed E-state index contributed by atoms with van der Waals surface area (Å²) in [6.07, 6.45) is 1.57. The molecule has 0 radical (unpaired) electrons. The maximum atomic E-state index is 13.0. The van der Waals surface area contributed by atoms with Gasteiger partial charge in [-0.2, -0.15) is 0 Å². The number of ketones is 1. The lowest BCUT2D eigenvalue weighted by atomic mass is 9.77. The summed E-state index contributed by atoms with van der Waals surface area (Å²) >= 11 is 15.8. The molecule has 0 bridgehead atoms. The molecule has 0 fully saturated rings. The predicted octanol–water partition coefficient (Wildman–Crippen LogP) is 5.80. The Bertz CT molecular complexity index is 1210. The summed E-state index contributed by atoms with van der Waals surface area (Å²) in [4.78, 5) is 25.7. The van der Waals surface area contributed by atoms with Gasteiger partial charge in [-0.05, 0) is 36.8 Å². The van der Waals surface area contributed by atoms with Crippen molar-refractivity contribution >= 4 is 50.9 Å². The number of halogens is 3. The van der Waals surface area contributed by atoms with E-state index >= 15 is 0 Å². The molecule has 0 amide bonds. The molecule has 2 aromatic rings. The Morgan fingerprint density at radius 1 is 1.21 bits per heavy atom. The molecule has 6 nitrogen and oxygen atoms in total. The van der Waals surface area contributed by atoms with E-state index in [4.69, 9.17) is 43.1 Å². The van der Waals surface area contributed by atoms with Crippen molar-refractivity contribution in [1.29, 1.82) is 0 Å². The minimum absolute atomic E-state index is 0.0685. The van der Waals surface area contributed by atoms with E-state index in [0.717, 1.165) is 10.0 Å². The zero-order valence-electron chi connectivity index (χ0n) is 17.6. The fraction of sp³-hybridized carbons (Fsp3) is 0.250. The first-order valence-electron chi connectivity index (χ1n) is 10.2. The van der Waals surface area contributed by atoms with Crippen molar-refractivity contribution in [1.82, 2.24) is 0 Å². The number of esters is 1. The highest BCUT2D eigenvalue weighted by Crippen LogP contribution is 2.47. The Morgan fingerprint density at radius 2 is 2.00 bits per heavy atom. The Hall–Kier alpha value is -2.48. The summed E-state index contributed by atoms with van der Waals surface area (Å²) < 4.78 is 17.6. The van der Waals surface area contributed by atoms with Crippen LogP contribution in [0.2, 0.25) is 10.0 Å². The average molecular weight is 553 g/mol. The molecule has 1 atom stereocenters. The molecular formula is C24H20BrCl2NO5. The molecule has 2 aliphatic rings. The van der Waals surface area contributed by atoms with E-state index in [9.17, 15) is 9.59 Å². The van der Waals surface area contributed by atoms with Crippen molar-refractivity contribution in [2.24, 2.45) is 5.73 Å². The lowest BCUT2D eigenvalue weighted by molar-refractivity contribution is -0.136. The molecule has 0 spiro atoms. The number of hydrogen-bond donors (Lipinski definition) is 1. The maximum absolute atomic E-state index is 13.0. The first-order valence-corrected chi connectivity index (χ1v) is 11.7. The van der Waals surface area contributed by atoms with Gasteiger partial charge in [0.2, 0.25) is 5.88 Å². The molecular weight excluding hydrogens is 533 g/mol. The Labute approximate surface area is 209 Å². The average Bonchev–Trinajstić information content (AvgIpc) is 2.78. The van der Waals surface area contributed by atoms with Crippen molar-refractivity contribution in [3.8, 4) is 5.75 Å². The van der Waals surface area contributed by atoms with Gasteiger partial charge in [0.25, 0.3) is 0 Å². The molecule has 0 saturated heterocycles. The second-order valence-electron chi connectivity index (χ2n) is 7.62. The summed E-state index contributed by atoms with van der Waals surface area (Å²) in [5.74, 6) is -0.686. The molecule has 1 aliphatic heterocycles. The number of benzene rings is 2. The molecule has 0 aromatic heterocycles. The Morgan fingerprint density at radius 3 is 2.73 bits per heavy atom. The molecule has 0 unspecified atom stereocenters. The summed E-state index contributed by atoms with van der Waals surface area (Å²) in [6.45, 7) is 0.153. The summed E-state index contributed by atoms with van der Waals surface area (Å²) in [6, 6.07) is 10.5. The molecule has 0 saturated carbocycles. The van der Waals surface area contributed by atoms with Gasteiger partial charge < -0.3 is 19.9 Å². The monoisotopic (exact) mass is 551 g/mol. The van der Waals surface area contributed by atoms with E-state index in [1.165, 1.54) is 7.11 Å². The van der Waals surface area contributed by atoms with Crippen molar-refractivity contribution in [2.75, 3.05) is 7.11 Å². The Balaban J connectivity index is 1.81. The smallest absolute Gasteiger partial charge is 0.340 e. The van der Waals surface area contributed by atoms with Crippen LogP contribution in [0.15, 0.2) is 63.7 Å². The minimum Gasteiger partial charge on any atom is -0.489 e. The van der Waals surface area contributed by atoms with Crippen molar-refractivity contribution < 1.29 is 23.8 Å². The lowest BCUT2D eigenvalue weighted by Gasteiger charge is -2.33. The maximum Gasteiger partial charge on any atom is 0.340 e. The fourth-order valence-corrected chi connectivity index (χ4v) is 4.89. The SMILES string of the molecule is COC(=O)C1=C(N)OC2=C(C(=O)CCC2)[C@@H]1c1cc(Br)ccc1OCc1ccc(Cl)cc1Cl. The van der Waals surface area contributed by atoms with Crippen LogP contribution in [-0.2, 0) is 25.7 Å². The van der Waals surface area contributed by atoms with Crippen LogP contribution in [0.5, 0.6) is 5.75 Å². The number of allylic oxidation sites excluding steroid dienone is 2. The molecule has 33 heavy (non-hydrogen) atoms. The van der Waals surface area contributed by atoms with Crippen LogP contribution in [0, 0.1) is 0 Å². The first kappa shape index (κ1) is 23.7. The third-order valence-corrected chi connectivity index (χ3v) is 6.65. The van der Waals surface area contributed by atoms with E-state index < -0.39 is 11.9 Å². The van der Waals surface area contributed by atoms with Gasteiger partial charge in [0, 0.05) is 44.1 Å². The molecule has 2 N–H and O–H groups in total. The first-order chi connectivity index (χ1) is 15.8. The van der Waals surface area contributed by atoms with Crippen LogP contribution in [-0.4, -0.2) is 18.9 Å². The van der Waals surface area contributed by atoms with Gasteiger partial charge in [0.05, 0.1) is 13.0 Å². The van der Waals surface area contributed by atoms with Crippen LogP contribution in [0.1, 0.15) is 36.3 Å². The summed E-state index contributed by atoms with van der Waals surface area (Å²) in [7, 11) is 1.26. The third-order valence-electron chi connectivity index (χ3n) is 5.57. The molecule has 2 aromatic carbocycles. The highest BCUT2D eigenvalue weighted by atomic mass is 79.9. The highest BCUT2D eigenvalue weighted by molar-refractivity contribution is 9.10. The zero-order chi connectivity index (χ0) is 23.7. The summed E-state index contributed by atoms with van der Waals surface area (Å²) in [5, 5.41) is 0.993. The normalized spacial score (nSPS) is 18.1. The van der Waals surface area contributed by atoms with Gasteiger partial charge in [0.15, 0.2) is 5.78 Å². The molecule has 1 heterocycles. The molecule has 9 heteroatoms. The van der Waals surface area contributed by atoms with Crippen LogP contribution >= 0.6 is 39.1 Å². The van der Waals surface area contributed by atoms with Gasteiger partial charge in [-0.1, -0.05) is 45.2 Å². The number of ether oxygens (including phenoxy) is 3. The molecule has 172 valence electrons. The molecule has 4 rings (SSSR count). The van der Waals surface area contributed by atoms with Crippen LogP contribution in [0.3, 0.4) is 0 Å². The zero-order valence-corrected chi connectivity index (χ0v) is 20.7. The van der Waals surface area contributed by atoms with Crippen LogP contribution < -0.4 is 10.5 Å². The molecule has 1 aliphatic carbocycles. The second-order valence-corrected chi connectivity index (χ2v) is 9.38. The largest absolute Gasteiger partial charge is 0.489 e. The van der Waals surface area contributed by atoms with Gasteiger partial charge in [-0.15, -0.1) is 0 Å². The number of Topliss-reactive ketones (excluding diaryl/α,β-unsaturated/α-hetero) is 1. The van der Waals surface area contributed by atoms with E-state index in [2.05, 4.69) is 15.9 Å². The van der Waals surface area contributed by atoms with Crippen molar-refractivity contribution in [3.05, 3.63) is 84.8 Å². The fourth-order valence-electron chi connectivity index (χ4n) is 4.05. The van der Waals surface area contributed by atoms with Gasteiger partial charge in [-0.25, -0.2) is 4.79 Å². The number of carbonyl (C=O) groups is 2.